The SMILES string of the molecule is CCCCCC(=O)c1ccc(CCCC(=O)O)cc1. The molecule has 104 valence electrons. The highest BCUT2D eigenvalue weighted by molar-refractivity contribution is 5.96. The first-order chi connectivity index (χ1) is 9.13. The van der Waals surface area contributed by atoms with Gasteiger partial charge in [0.2, 0.25) is 0 Å². The summed E-state index contributed by atoms with van der Waals surface area (Å²) in [6, 6.07) is 7.55. The van der Waals surface area contributed by atoms with Gasteiger partial charge >= 0.3 is 5.97 Å². The molecule has 1 rings (SSSR count). The van der Waals surface area contributed by atoms with Crippen molar-refractivity contribution in [1.82, 2.24) is 0 Å². The predicted molar refractivity (Wildman–Crippen MR) is 75.5 cm³/mol. The van der Waals surface area contributed by atoms with Gasteiger partial charge in [0.1, 0.15) is 0 Å². The number of unbranched alkanes of at least 4 members (excludes halogenated alkanes) is 2. The summed E-state index contributed by atoms with van der Waals surface area (Å²) in [6.07, 6.45) is 5.37. The monoisotopic (exact) mass is 262 g/mol. The lowest BCUT2D eigenvalue weighted by Gasteiger charge is -2.03. The Morgan fingerprint density at radius 2 is 1.68 bits per heavy atom. The number of ketones is 1. The third-order valence-electron chi connectivity index (χ3n) is 3.14. The molecule has 19 heavy (non-hydrogen) atoms. The van der Waals surface area contributed by atoms with Crippen molar-refractivity contribution >= 4 is 11.8 Å². The van der Waals surface area contributed by atoms with Gasteiger partial charge in [-0.1, -0.05) is 44.0 Å². The summed E-state index contributed by atoms with van der Waals surface area (Å²) in [7, 11) is 0. The van der Waals surface area contributed by atoms with E-state index in [9.17, 15) is 9.59 Å². The Bertz CT molecular complexity index is 407. The summed E-state index contributed by atoms with van der Waals surface area (Å²) in [5, 5.41) is 8.57. The van der Waals surface area contributed by atoms with Crippen molar-refractivity contribution in [2.24, 2.45) is 0 Å². The Hall–Kier alpha value is -1.64. The van der Waals surface area contributed by atoms with Crippen LogP contribution in [0.15, 0.2) is 24.3 Å². The van der Waals surface area contributed by atoms with E-state index >= 15 is 0 Å². The van der Waals surface area contributed by atoms with Crippen molar-refractivity contribution < 1.29 is 14.7 Å². The van der Waals surface area contributed by atoms with Crippen LogP contribution < -0.4 is 0 Å². The molecule has 0 saturated carbocycles. The van der Waals surface area contributed by atoms with Crippen LogP contribution in [-0.2, 0) is 11.2 Å². The normalized spacial score (nSPS) is 10.4. The van der Waals surface area contributed by atoms with Crippen LogP contribution in [0.2, 0.25) is 0 Å². The highest BCUT2D eigenvalue weighted by Crippen LogP contribution is 2.11. The van der Waals surface area contributed by atoms with E-state index in [2.05, 4.69) is 6.92 Å². The van der Waals surface area contributed by atoms with E-state index in [1.165, 1.54) is 0 Å². The van der Waals surface area contributed by atoms with Crippen LogP contribution >= 0.6 is 0 Å². The largest absolute Gasteiger partial charge is 0.481 e. The Morgan fingerprint density at radius 1 is 1.00 bits per heavy atom. The molecule has 3 nitrogen and oxygen atoms in total. The molecule has 1 N–H and O–H groups in total. The highest BCUT2D eigenvalue weighted by Gasteiger charge is 2.05. The molecule has 0 atom stereocenters. The maximum atomic E-state index is 11.9. The molecule has 1 aromatic rings. The van der Waals surface area contributed by atoms with Crippen molar-refractivity contribution in [2.45, 2.75) is 51.9 Å². The minimum absolute atomic E-state index is 0.192. The lowest BCUT2D eigenvalue weighted by Crippen LogP contribution is -2.00. The number of benzene rings is 1. The Kier molecular flexibility index (Phi) is 6.86. The first kappa shape index (κ1) is 15.4. The molecule has 0 aromatic heterocycles. The van der Waals surface area contributed by atoms with Gasteiger partial charge < -0.3 is 5.11 Å². The van der Waals surface area contributed by atoms with Crippen LogP contribution in [-0.4, -0.2) is 16.9 Å². The zero-order valence-corrected chi connectivity index (χ0v) is 11.5. The summed E-state index contributed by atoms with van der Waals surface area (Å²) in [4.78, 5) is 22.3. The lowest BCUT2D eigenvalue weighted by molar-refractivity contribution is -0.137. The van der Waals surface area contributed by atoms with Gasteiger partial charge in [0.25, 0.3) is 0 Å². The summed E-state index contributed by atoms with van der Waals surface area (Å²) in [5.41, 5.74) is 1.85. The molecule has 0 heterocycles. The highest BCUT2D eigenvalue weighted by atomic mass is 16.4. The van der Waals surface area contributed by atoms with Gasteiger partial charge in [0.15, 0.2) is 5.78 Å². The molecule has 0 saturated heterocycles. The van der Waals surface area contributed by atoms with Gasteiger partial charge in [-0.05, 0) is 24.8 Å². The van der Waals surface area contributed by atoms with Gasteiger partial charge in [-0.2, -0.15) is 0 Å². The molecule has 1 aromatic carbocycles. The van der Waals surface area contributed by atoms with Gasteiger partial charge in [-0.3, -0.25) is 9.59 Å². The van der Waals surface area contributed by atoms with Crippen LogP contribution in [0.3, 0.4) is 0 Å². The fraction of sp³-hybridized carbons (Fsp3) is 0.500. The molecular weight excluding hydrogens is 240 g/mol. The van der Waals surface area contributed by atoms with Gasteiger partial charge in [0, 0.05) is 18.4 Å². The fourth-order valence-corrected chi connectivity index (χ4v) is 1.98. The van der Waals surface area contributed by atoms with E-state index in [1.807, 2.05) is 24.3 Å². The standard InChI is InChI=1S/C16H22O3/c1-2-3-4-7-15(17)14-11-9-13(10-12-14)6-5-8-16(18)19/h9-12H,2-8H2,1H3,(H,18,19). The van der Waals surface area contributed by atoms with Crippen LogP contribution in [0, 0.1) is 0 Å². The lowest BCUT2D eigenvalue weighted by atomic mass is 10.0. The second-order valence-corrected chi connectivity index (χ2v) is 4.82. The zero-order chi connectivity index (χ0) is 14.1. The third kappa shape index (κ3) is 6.18. The number of rotatable bonds is 9. The smallest absolute Gasteiger partial charge is 0.303 e. The maximum Gasteiger partial charge on any atom is 0.303 e. The van der Waals surface area contributed by atoms with Crippen LogP contribution in [0.4, 0.5) is 0 Å². The molecule has 0 spiro atoms. The first-order valence-electron chi connectivity index (χ1n) is 6.97. The number of hydrogen-bond donors (Lipinski definition) is 1. The van der Waals surface area contributed by atoms with Crippen molar-refractivity contribution in [1.29, 1.82) is 0 Å². The molecule has 0 amide bonds. The minimum atomic E-state index is -0.761. The average molecular weight is 262 g/mol. The Labute approximate surface area is 114 Å². The van der Waals surface area contributed by atoms with Gasteiger partial charge in [0.05, 0.1) is 0 Å². The van der Waals surface area contributed by atoms with Crippen molar-refractivity contribution in [2.75, 3.05) is 0 Å². The van der Waals surface area contributed by atoms with Crippen LogP contribution in [0.25, 0.3) is 0 Å². The van der Waals surface area contributed by atoms with E-state index in [0.717, 1.165) is 36.8 Å². The molecule has 0 fully saturated rings. The minimum Gasteiger partial charge on any atom is -0.481 e. The van der Waals surface area contributed by atoms with E-state index in [1.54, 1.807) is 0 Å². The summed E-state index contributed by atoms with van der Waals surface area (Å²) in [5.74, 6) is -0.562. The Balaban J connectivity index is 2.42. The topological polar surface area (TPSA) is 54.4 Å². The zero-order valence-electron chi connectivity index (χ0n) is 11.5. The number of aryl methyl sites for hydroxylation is 1. The van der Waals surface area contributed by atoms with E-state index in [-0.39, 0.29) is 12.2 Å². The molecule has 0 radical (unpaired) electrons. The van der Waals surface area contributed by atoms with E-state index in [4.69, 9.17) is 5.11 Å². The number of carbonyl (C=O) groups excluding carboxylic acids is 1. The van der Waals surface area contributed by atoms with E-state index < -0.39 is 5.97 Å². The quantitative estimate of drug-likeness (QED) is 0.543. The summed E-state index contributed by atoms with van der Waals surface area (Å²) in [6.45, 7) is 2.12. The molecule has 0 bridgehead atoms. The number of carbonyl (C=O) groups is 2. The average Bonchev–Trinajstić information content (AvgIpc) is 2.39. The first-order valence-corrected chi connectivity index (χ1v) is 6.97. The number of carboxylic acids is 1. The maximum absolute atomic E-state index is 11.9. The molecule has 0 unspecified atom stereocenters. The second-order valence-electron chi connectivity index (χ2n) is 4.82. The Morgan fingerprint density at radius 3 is 2.26 bits per heavy atom. The molecular formula is C16H22O3. The van der Waals surface area contributed by atoms with Gasteiger partial charge in [-0.15, -0.1) is 0 Å². The molecule has 0 aliphatic carbocycles. The van der Waals surface area contributed by atoms with Gasteiger partial charge in [-0.25, -0.2) is 0 Å². The molecule has 0 aliphatic rings. The van der Waals surface area contributed by atoms with Crippen LogP contribution in [0.5, 0.6) is 0 Å². The third-order valence-corrected chi connectivity index (χ3v) is 3.14. The fourth-order valence-electron chi connectivity index (χ4n) is 1.98. The number of carboxylic acid groups (broad SMARTS) is 1. The number of hydrogen-bond acceptors (Lipinski definition) is 2. The van der Waals surface area contributed by atoms with Crippen molar-refractivity contribution in [3.8, 4) is 0 Å². The van der Waals surface area contributed by atoms with Crippen molar-refractivity contribution in [3.63, 3.8) is 0 Å². The second kappa shape index (κ2) is 8.46. The van der Waals surface area contributed by atoms with Crippen LogP contribution in [0.1, 0.15) is 61.4 Å². The van der Waals surface area contributed by atoms with Crippen molar-refractivity contribution in [3.05, 3.63) is 35.4 Å². The number of aliphatic carboxylic acids is 1. The summed E-state index contributed by atoms with van der Waals surface area (Å²) >= 11 is 0. The van der Waals surface area contributed by atoms with E-state index in [0.29, 0.717) is 12.8 Å². The molecule has 3 heteroatoms. The molecule has 0 aliphatic heterocycles. The number of Topliss-reactive ketones (excluding diaryl/α,β-unsaturated/α-hetero) is 1. The predicted octanol–water partition coefficient (Wildman–Crippen LogP) is 3.86. The summed E-state index contributed by atoms with van der Waals surface area (Å²) < 4.78 is 0.